The number of hydrogen-bond donors (Lipinski definition) is 0. The summed E-state index contributed by atoms with van der Waals surface area (Å²) in [5.41, 5.74) is 0.986. The average Bonchev–Trinajstić information content (AvgIpc) is 3.15. The molecule has 2 saturated heterocycles. The lowest BCUT2D eigenvalue weighted by atomic mass is 10.2. The van der Waals surface area contributed by atoms with Gasteiger partial charge in [0.05, 0.1) is 5.52 Å². The fraction of sp³-hybridized carbons (Fsp3) is 0.444. The van der Waals surface area contributed by atoms with Crippen LogP contribution in [0.3, 0.4) is 0 Å². The summed E-state index contributed by atoms with van der Waals surface area (Å²) in [4.78, 5) is 21.4. The Bertz CT molecular complexity index is 753. The number of rotatable bonds is 2. The zero-order valence-electron chi connectivity index (χ0n) is 13.4. The van der Waals surface area contributed by atoms with Crippen molar-refractivity contribution in [3.05, 3.63) is 34.8 Å². The minimum absolute atomic E-state index is 0.155. The molecule has 2 aliphatic heterocycles. The molecular weight excluding hydrogens is 370 g/mol. The first-order valence-corrected chi connectivity index (χ1v) is 9.22. The van der Waals surface area contributed by atoms with Crippen LogP contribution >= 0.6 is 15.9 Å². The van der Waals surface area contributed by atoms with Gasteiger partial charge in [0.15, 0.2) is 0 Å². The minimum Gasteiger partial charge on any atom is -0.368 e. The number of fused-ring (bicyclic) bond motifs is 1. The number of benzene rings is 1. The zero-order valence-corrected chi connectivity index (χ0v) is 15.0. The van der Waals surface area contributed by atoms with Crippen molar-refractivity contribution >= 4 is 38.6 Å². The van der Waals surface area contributed by atoms with E-state index in [4.69, 9.17) is 9.72 Å². The summed E-state index contributed by atoms with van der Waals surface area (Å²) in [6.45, 7) is 3.80. The molecule has 1 aromatic heterocycles. The first kappa shape index (κ1) is 15.8. The second-order valence-electron chi connectivity index (χ2n) is 6.32. The van der Waals surface area contributed by atoms with Crippen LogP contribution in [-0.2, 0) is 9.53 Å². The summed E-state index contributed by atoms with van der Waals surface area (Å²) >= 11 is 3.50. The highest BCUT2D eigenvalue weighted by Crippen LogP contribution is 2.23. The molecular formula is C18H20BrN3O2. The van der Waals surface area contributed by atoms with Gasteiger partial charge in [-0.05, 0) is 37.1 Å². The largest absolute Gasteiger partial charge is 0.368 e. The second-order valence-corrected chi connectivity index (χ2v) is 7.24. The maximum Gasteiger partial charge on any atom is 0.251 e. The number of ether oxygens (including phenoxy) is 1. The Morgan fingerprint density at radius 1 is 1.17 bits per heavy atom. The van der Waals surface area contributed by atoms with E-state index in [1.165, 1.54) is 0 Å². The number of nitrogens with zero attached hydrogens (tertiary/aromatic N) is 3. The lowest BCUT2D eigenvalue weighted by molar-refractivity contribution is -0.141. The van der Waals surface area contributed by atoms with Crippen LogP contribution in [0.15, 0.2) is 34.8 Å². The van der Waals surface area contributed by atoms with Gasteiger partial charge in [-0.1, -0.05) is 22.0 Å². The molecule has 0 aliphatic carbocycles. The molecule has 0 N–H and O–H groups in total. The predicted molar refractivity (Wildman–Crippen MR) is 97.2 cm³/mol. The van der Waals surface area contributed by atoms with Crippen molar-refractivity contribution < 1.29 is 9.53 Å². The third kappa shape index (κ3) is 3.13. The quantitative estimate of drug-likeness (QED) is 0.791. The zero-order chi connectivity index (χ0) is 16.5. The SMILES string of the molecule is O=C(C1CCCO1)N1CCN(c2ccc3ccc(Br)cc3n2)CC1. The summed E-state index contributed by atoms with van der Waals surface area (Å²) in [7, 11) is 0. The minimum atomic E-state index is -0.215. The highest BCUT2D eigenvalue weighted by Gasteiger charge is 2.30. The van der Waals surface area contributed by atoms with Crippen LogP contribution in [0.4, 0.5) is 5.82 Å². The molecule has 2 fully saturated rings. The van der Waals surface area contributed by atoms with Crippen molar-refractivity contribution in [1.82, 2.24) is 9.88 Å². The third-order valence-electron chi connectivity index (χ3n) is 4.76. The van der Waals surface area contributed by atoms with Crippen LogP contribution in [0.5, 0.6) is 0 Å². The topological polar surface area (TPSA) is 45.7 Å². The number of pyridine rings is 1. The fourth-order valence-electron chi connectivity index (χ4n) is 3.39. The van der Waals surface area contributed by atoms with Gasteiger partial charge >= 0.3 is 0 Å². The summed E-state index contributed by atoms with van der Waals surface area (Å²) in [5.74, 6) is 1.13. The van der Waals surface area contributed by atoms with Crippen molar-refractivity contribution in [2.45, 2.75) is 18.9 Å². The van der Waals surface area contributed by atoms with E-state index in [9.17, 15) is 4.79 Å². The summed E-state index contributed by atoms with van der Waals surface area (Å²) < 4.78 is 6.55. The van der Waals surface area contributed by atoms with Gasteiger partial charge in [0.1, 0.15) is 11.9 Å². The number of hydrogen-bond acceptors (Lipinski definition) is 4. The Morgan fingerprint density at radius 2 is 1.96 bits per heavy atom. The number of carbonyl (C=O) groups excluding carboxylic acids is 1. The van der Waals surface area contributed by atoms with Crippen molar-refractivity contribution in [3.63, 3.8) is 0 Å². The van der Waals surface area contributed by atoms with Crippen molar-refractivity contribution in [1.29, 1.82) is 0 Å². The Hall–Kier alpha value is -1.66. The van der Waals surface area contributed by atoms with Gasteiger partial charge in [-0.15, -0.1) is 0 Å². The van der Waals surface area contributed by atoms with Crippen LogP contribution in [0.1, 0.15) is 12.8 Å². The predicted octanol–water partition coefficient (Wildman–Crippen LogP) is 2.82. The summed E-state index contributed by atoms with van der Waals surface area (Å²) in [6.07, 6.45) is 1.64. The lowest BCUT2D eigenvalue weighted by Crippen LogP contribution is -2.51. The molecule has 5 nitrogen and oxygen atoms in total. The molecule has 0 spiro atoms. The number of piperazine rings is 1. The van der Waals surface area contributed by atoms with Gasteiger partial charge in [-0.3, -0.25) is 4.79 Å². The van der Waals surface area contributed by atoms with Gasteiger partial charge in [-0.2, -0.15) is 0 Å². The smallest absolute Gasteiger partial charge is 0.251 e. The number of aromatic nitrogens is 1. The van der Waals surface area contributed by atoms with Gasteiger partial charge < -0.3 is 14.5 Å². The van der Waals surface area contributed by atoms with E-state index < -0.39 is 0 Å². The van der Waals surface area contributed by atoms with E-state index in [2.05, 4.69) is 39.0 Å². The molecule has 2 aliphatic rings. The molecule has 4 rings (SSSR count). The molecule has 24 heavy (non-hydrogen) atoms. The molecule has 1 atom stereocenters. The molecule has 2 aromatic rings. The van der Waals surface area contributed by atoms with E-state index >= 15 is 0 Å². The summed E-state index contributed by atoms with van der Waals surface area (Å²) in [6, 6.07) is 10.3. The number of amides is 1. The van der Waals surface area contributed by atoms with Gasteiger partial charge in [0.25, 0.3) is 5.91 Å². The van der Waals surface area contributed by atoms with Crippen LogP contribution < -0.4 is 4.90 Å². The lowest BCUT2D eigenvalue weighted by Gasteiger charge is -2.36. The van der Waals surface area contributed by atoms with Crippen LogP contribution in [0, 0.1) is 0 Å². The van der Waals surface area contributed by atoms with Gasteiger partial charge in [-0.25, -0.2) is 4.98 Å². The number of anilines is 1. The van der Waals surface area contributed by atoms with E-state index in [-0.39, 0.29) is 12.0 Å². The number of halogens is 1. The number of carbonyl (C=O) groups is 1. The third-order valence-corrected chi connectivity index (χ3v) is 5.25. The molecule has 0 radical (unpaired) electrons. The second kappa shape index (κ2) is 6.69. The van der Waals surface area contributed by atoms with Crippen molar-refractivity contribution in [2.75, 3.05) is 37.7 Å². The van der Waals surface area contributed by atoms with Gasteiger partial charge in [0.2, 0.25) is 0 Å². The molecule has 0 saturated carbocycles. The first-order chi connectivity index (χ1) is 11.7. The highest BCUT2D eigenvalue weighted by atomic mass is 79.9. The standard InChI is InChI=1S/C18H20BrN3O2/c19-14-5-3-13-4-6-17(20-15(13)12-14)21-7-9-22(10-8-21)18(23)16-2-1-11-24-16/h3-6,12,16H,1-2,7-11H2. The first-order valence-electron chi connectivity index (χ1n) is 8.42. The fourth-order valence-corrected chi connectivity index (χ4v) is 3.74. The van der Waals surface area contributed by atoms with E-state index in [0.29, 0.717) is 6.61 Å². The molecule has 6 heteroatoms. The molecule has 0 bridgehead atoms. The molecule has 1 aromatic carbocycles. The molecule has 126 valence electrons. The Kier molecular flexibility index (Phi) is 4.41. The van der Waals surface area contributed by atoms with Crippen LogP contribution in [0.25, 0.3) is 10.9 Å². The normalized spacial score (nSPS) is 21.5. The Morgan fingerprint density at radius 3 is 2.71 bits per heavy atom. The Balaban J connectivity index is 1.44. The van der Waals surface area contributed by atoms with Crippen LogP contribution in [-0.4, -0.2) is 54.7 Å². The van der Waals surface area contributed by atoms with Crippen LogP contribution in [0.2, 0.25) is 0 Å². The highest BCUT2D eigenvalue weighted by molar-refractivity contribution is 9.10. The van der Waals surface area contributed by atoms with Crippen molar-refractivity contribution in [3.8, 4) is 0 Å². The molecule has 3 heterocycles. The van der Waals surface area contributed by atoms with E-state index in [1.54, 1.807) is 0 Å². The van der Waals surface area contributed by atoms with E-state index in [0.717, 1.165) is 60.2 Å². The molecule has 1 amide bonds. The maximum absolute atomic E-state index is 12.4. The van der Waals surface area contributed by atoms with E-state index in [1.807, 2.05) is 17.0 Å². The maximum atomic E-state index is 12.4. The summed E-state index contributed by atoms with van der Waals surface area (Å²) in [5, 5.41) is 1.13. The van der Waals surface area contributed by atoms with Gasteiger partial charge in [0, 0.05) is 42.6 Å². The average molecular weight is 390 g/mol. The Labute approximate surface area is 149 Å². The molecule has 1 unspecified atom stereocenters. The van der Waals surface area contributed by atoms with Crippen molar-refractivity contribution in [2.24, 2.45) is 0 Å². The monoisotopic (exact) mass is 389 g/mol.